The summed E-state index contributed by atoms with van der Waals surface area (Å²) in [4.78, 5) is 25.1. The van der Waals surface area contributed by atoms with Crippen LogP contribution >= 0.6 is 0 Å². The van der Waals surface area contributed by atoms with Gasteiger partial charge in [0.2, 0.25) is 0 Å². The maximum atomic E-state index is 13.4. The predicted molar refractivity (Wildman–Crippen MR) is 95.8 cm³/mol. The minimum atomic E-state index is -0.558. The Morgan fingerprint density at radius 2 is 1.96 bits per heavy atom. The molecule has 2 bridgehead atoms. The van der Waals surface area contributed by atoms with Gasteiger partial charge in [-0.3, -0.25) is 9.59 Å². The smallest absolute Gasteiger partial charge is 0.316 e. The summed E-state index contributed by atoms with van der Waals surface area (Å²) in [6.07, 6.45) is 6.68. The normalized spacial score (nSPS) is 23.4. The number of fused-ring (bicyclic) bond motifs is 1. The van der Waals surface area contributed by atoms with Crippen molar-refractivity contribution in [2.75, 3.05) is 0 Å². The molecule has 27 heavy (non-hydrogen) atoms. The van der Waals surface area contributed by atoms with Gasteiger partial charge in [0.05, 0.1) is 6.54 Å². The lowest BCUT2D eigenvalue weighted by Crippen LogP contribution is -2.42. The molecule has 138 valence electrons. The Hall–Kier alpha value is -2.96. The Kier molecular flexibility index (Phi) is 3.63. The van der Waals surface area contributed by atoms with Gasteiger partial charge in [0.1, 0.15) is 11.5 Å². The Labute approximate surface area is 153 Å². The highest BCUT2D eigenvalue weighted by atomic mass is 19.1. The summed E-state index contributed by atoms with van der Waals surface area (Å²) >= 11 is 0. The lowest BCUT2D eigenvalue weighted by Gasteiger charge is -2.25. The predicted octanol–water partition coefficient (Wildman–Crippen LogP) is 2.82. The molecule has 6 rings (SSSR count). The molecule has 3 aliphatic rings. The standard InChI is InChI=1S/C20H18FN3O3/c21-15-3-1-2-13(9-15)18-10-16(22-27-18)11-23-4-5-24(20(26)19(23)25)17-8-12-6-14(17)7-12/h1-5,9-10,12,14,17H,6-8,11H2. The summed E-state index contributed by atoms with van der Waals surface area (Å²) in [5, 5.41) is 3.94. The van der Waals surface area contributed by atoms with Crippen molar-refractivity contribution in [3.63, 3.8) is 0 Å². The quantitative estimate of drug-likeness (QED) is 0.665. The number of rotatable bonds is 4. The highest BCUT2D eigenvalue weighted by molar-refractivity contribution is 5.57. The summed E-state index contributed by atoms with van der Waals surface area (Å²) in [5.74, 6) is 1.30. The van der Waals surface area contributed by atoms with Gasteiger partial charge in [0.15, 0.2) is 5.76 Å². The maximum absolute atomic E-state index is 13.4. The molecule has 3 saturated carbocycles. The van der Waals surface area contributed by atoms with Crippen LogP contribution < -0.4 is 11.1 Å². The summed E-state index contributed by atoms with van der Waals surface area (Å²) < 4.78 is 21.6. The fourth-order valence-corrected chi connectivity index (χ4v) is 4.41. The van der Waals surface area contributed by atoms with Gasteiger partial charge in [-0.25, -0.2) is 4.39 Å². The van der Waals surface area contributed by atoms with Crippen molar-refractivity contribution >= 4 is 0 Å². The van der Waals surface area contributed by atoms with Gasteiger partial charge in [-0.05, 0) is 43.2 Å². The second-order valence-corrected chi connectivity index (χ2v) is 7.54. The first kappa shape index (κ1) is 16.2. The van der Waals surface area contributed by atoms with E-state index in [0.29, 0.717) is 28.9 Å². The van der Waals surface area contributed by atoms with Crippen LogP contribution in [0.1, 0.15) is 31.0 Å². The molecule has 2 heterocycles. The van der Waals surface area contributed by atoms with Gasteiger partial charge in [0, 0.05) is 30.1 Å². The Morgan fingerprint density at radius 3 is 2.70 bits per heavy atom. The van der Waals surface area contributed by atoms with E-state index in [4.69, 9.17) is 4.52 Å². The molecule has 0 aliphatic heterocycles. The SMILES string of the molecule is O=c1c(=O)n(C2CC3CC2C3)ccn1Cc1cc(-c2cccc(F)c2)on1. The highest BCUT2D eigenvalue weighted by Crippen LogP contribution is 2.54. The molecule has 0 amide bonds. The Morgan fingerprint density at radius 1 is 1.11 bits per heavy atom. The Bertz CT molecular complexity index is 1120. The maximum Gasteiger partial charge on any atom is 0.316 e. The van der Waals surface area contributed by atoms with Crippen molar-refractivity contribution in [2.24, 2.45) is 11.8 Å². The molecule has 0 radical (unpaired) electrons. The third kappa shape index (κ3) is 2.74. The minimum Gasteiger partial charge on any atom is -0.356 e. The van der Waals surface area contributed by atoms with Crippen molar-refractivity contribution in [1.29, 1.82) is 0 Å². The van der Waals surface area contributed by atoms with Gasteiger partial charge in [-0.1, -0.05) is 17.3 Å². The molecule has 2 aromatic heterocycles. The highest BCUT2D eigenvalue weighted by Gasteiger charge is 2.45. The Balaban J connectivity index is 1.41. The summed E-state index contributed by atoms with van der Waals surface area (Å²) in [6.45, 7) is 0.129. The van der Waals surface area contributed by atoms with Crippen molar-refractivity contribution in [3.8, 4) is 11.3 Å². The lowest BCUT2D eigenvalue weighted by molar-refractivity contribution is 0.271. The van der Waals surface area contributed by atoms with Crippen LogP contribution in [0.3, 0.4) is 0 Å². The van der Waals surface area contributed by atoms with Gasteiger partial charge < -0.3 is 13.7 Å². The van der Waals surface area contributed by atoms with Crippen LogP contribution in [0.4, 0.5) is 4.39 Å². The zero-order chi connectivity index (χ0) is 18.5. The van der Waals surface area contributed by atoms with Crippen LogP contribution in [0.2, 0.25) is 0 Å². The number of hydrogen-bond donors (Lipinski definition) is 0. The molecule has 0 spiro atoms. The molecular weight excluding hydrogens is 349 g/mol. The van der Waals surface area contributed by atoms with Crippen molar-refractivity contribution < 1.29 is 8.91 Å². The molecule has 3 aromatic rings. The van der Waals surface area contributed by atoms with Gasteiger partial charge in [-0.15, -0.1) is 0 Å². The van der Waals surface area contributed by atoms with E-state index in [-0.39, 0.29) is 18.4 Å². The minimum absolute atomic E-state index is 0.129. The molecule has 0 N–H and O–H groups in total. The fraction of sp³-hybridized carbons (Fsp3) is 0.350. The monoisotopic (exact) mass is 367 g/mol. The van der Waals surface area contributed by atoms with E-state index in [0.717, 1.165) is 6.42 Å². The molecule has 6 nitrogen and oxygen atoms in total. The zero-order valence-corrected chi connectivity index (χ0v) is 14.5. The van der Waals surface area contributed by atoms with Crippen LogP contribution in [-0.2, 0) is 6.54 Å². The summed E-state index contributed by atoms with van der Waals surface area (Å²) in [5.41, 5.74) is 0.0224. The number of benzene rings is 1. The molecule has 7 heteroatoms. The number of aromatic nitrogens is 3. The van der Waals surface area contributed by atoms with Gasteiger partial charge in [-0.2, -0.15) is 0 Å². The van der Waals surface area contributed by atoms with Crippen molar-refractivity contribution in [2.45, 2.75) is 31.8 Å². The van der Waals surface area contributed by atoms with E-state index in [1.165, 1.54) is 29.5 Å². The average molecular weight is 367 g/mol. The summed E-state index contributed by atoms with van der Waals surface area (Å²) in [6, 6.07) is 7.82. The topological polar surface area (TPSA) is 70.0 Å². The van der Waals surface area contributed by atoms with Crippen LogP contribution in [0.5, 0.6) is 0 Å². The van der Waals surface area contributed by atoms with Gasteiger partial charge in [0.25, 0.3) is 0 Å². The molecule has 1 unspecified atom stereocenters. The number of hydrogen-bond acceptors (Lipinski definition) is 4. The van der Waals surface area contributed by atoms with Crippen LogP contribution in [0.15, 0.2) is 56.8 Å². The first-order valence-corrected chi connectivity index (χ1v) is 9.11. The lowest BCUT2D eigenvalue weighted by atomic mass is 9.84. The number of nitrogens with zero attached hydrogens (tertiary/aromatic N) is 3. The first-order chi connectivity index (χ1) is 13.1. The van der Waals surface area contributed by atoms with Crippen LogP contribution in [-0.4, -0.2) is 14.3 Å². The van der Waals surface area contributed by atoms with Crippen LogP contribution in [0, 0.1) is 17.7 Å². The second kappa shape index (κ2) is 6.04. The van der Waals surface area contributed by atoms with Crippen molar-refractivity contribution in [3.05, 3.63) is 74.9 Å². The average Bonchev–Trinajstić information content (AvgIpc) is 3.34. The molecule has 3 fully saturated rings. The first-order valence-electron chi connectivity index (χ1n) is 9.11. The number of halogens is 1. The molecule has 3 aliphatic carbocycles. The van der Waals surface area contributed by atoms with Crippen LogP contribution in [0.25, 0.3) is 11.3 Å². The fourth-order valence-electron chi connectivity index (χ4n) is 4.41. The van der Waals surface area contributed by atoms with E-state index < -0.39 is 11.1 Å². The third-order valence-corrected chi connectivity index (χ3v) is 5.83. The van der Waals surface area contributed by atoms with E-state index in [2.05, 4.69) is 5.16 Å². The van der Waals surface area contributed by atoms with E-state index >= 15 is 0 Å². The van der Waals surface area contributed by atoms with E-state index in [1.807, 2.05) is 0 Å². The molecule has 0 saturated heterocycles. The zero-order valence-electron chi connectivity index (χ0n) is 14.5. The van der Waals surface area contributed by atoms with E-state index in [1.54, 1.807) is 35.2 Å². The largest absolute Gasteiger partial charge is 0.356 e. The van der Waals surface area contributed by atoms with Gasteiger partial charge >= 0.3 is 11.1 Å². The molecular formula is C20H18FN3O3. The van der Waals surface area contributed by atoms with Crippen molar-refractivity contribution in [1.82, 2.24) is 14.3 Å². The second-order valence-electron chi connectivity index (χ2n) is 7.54. The molecule has 1 atom stereocenters. The van der Waals surface area contributed by atoms with E-state index in [9.17, 15) is 14.0 Å². The molecule has 1 aromatic carbocycles. The third-order valence-electron chi connectivity index (χ3n) is 5.83. The summed E-state index contributed by atoms with van der Waals surface area (Å²) in [7, 11) is 0.